The molecule has 2 heterocycles. The SMILES string of the molecule is CCn1c(-c2ccc(OCCOc3ccc(C(=O)c4ccc(OCCOc5ccc(-c6cc7ccccc7n6CC)cc5)cc4O)cc3)cc2)cc2ccccc21. The number of phenolic OH excluding ortho intramolecular Hbond substituents is 1. The summed E-state index contributed by atoms with van der Waals surface area (Å²) in [6.45, 7) is 7.37. The summed E-state index contributed by atoms with van der Waals surface area (Å²) in [5.74, 6) is 2.10. The molecule has 8 aromatic rings. The second-order valence-corrected chi connectivity index (χ2v) is 13.6. The molecule has 0 aliphatic rings. The summed E-state index contributed by atoms with van der Waals surface area (Å²) in [4.78, 5) is 13.2. The van der Waals surface area contributed by atoms with Crippen molar-refractivity contribution in [2.75, 3.05) is 26.4 Å². The fourth-order valence-electron chi connectivity index (χ4n) is 7.31. The second kappa shape index (κ2) is 16.8. The Morgan fingerprint density at radius 1 is 0.491 bits per heavy atom. The molecule has 0 spiro atoms. The number of ketones is 1. The Bertz CT molecular complexity index is 2620. The molecule has 8 nitrogen and oxygen atoms in total. The number of hydrogen-bond acceptors (Lipinski definition) is 6. The fourth-order valence-corrected chi connectivity index (χ4v) is 7.31. The topological polar surface area (TPSA) is 84.1 Å². The van der Waals surface area contributed by atoms with E-state index in [0.717, 1.165) is 35.7 Å². The maximum absolute atomic E-state index is 13.2. The highest BCUT2D eigenvalue weighted by atomic mass is 16.5. The van der Waals surface area contributed by atoms with Crippen molar-refractivity contribution < 1.29 is 28.8 Å². The first-order valence-electron chi connectivity index (χ1n) is 19.4. The molecule has 0 fully saturated rings. The van der Waals surface area contributed by atoms with Gasteiger partial charge in [-0.25, -0.2) is 0 Å². The summed E-state index contributed by atoms with van der Waals surface area (Å²) >= 11 is 0. The standard InChI is InChI=1S/C49H44N2O6/c1-3-50-44-11-7-5-9-37(44)31-46(50)34-13-19-39(20-14-34)54-27-28-55-41-23-17-36(18-24-41)49(53)43-26-25-42(33-48(43)52)57-30-29-56-40-21-15-35(16-22-40)47-32-38-10-6-8-12-45(38)51(47)4-2/h5-26,31-33,52H,3-4,27-30H2,1-2H3. The molecule has 8 heteroatoms. The van der Waals surface area contributed by atoms with Gasteiger partial charge in [0.1, 0.15) is 55.2 Å². The first kappa shape index (κ1) is 37.0. The summed E-state index contributed by atoms with van der Waals surface area (Å²) in [5.41, 5.74) is 7.68. The third-order valence-corrected chi connectivity index (χ3v) is 10.1. The number of phenols is 1. The van der Waals surface area contributed by atoms with Gasteiger partial charge in [-0.1, -0.05) is 36.4 Å². The molecule has 0 unspecified atom stereocenters. The molecule has 57 heavy (non-hydrogen) atoms. The van der Waals surface area contributed by atoms with E-state index in [0.29, 0.717) is 36.9 Å². The molecular formula is C49H44N2O6. The van der Waals surface area contributed by atoms with Crippen molar-refractivity contribution in [1.29, 1.82) is 0 Å². The summed E-state index contributed by atoms with van der Waals surface area (Å²) in [7, 11) is 0. The number of para-hydroxylation sites is 2. The van der Waals surface area contributed by atoms with Gasteiger partial charge in [-0.3, -0.25) is 4.79 Å². The van der Waals surface area contributed by atoms with E-state index in [1.807, 2.05) is 24.3 Å². The Morgan fingerprint density at radius 2 is 0.895 bits per heavy atom. The van der Waals surface area contributed by atoms with Crippen LogP contribution in [0.5, 0.6) is 28.7 Å². The van der Waals surface area contributed by atoms with Gasteiger partial charge in [-0.15, -0.1) is 0 Å². The van der Waals surface area contributed by atoms with Crippen LogP contribution < -0.4 is 18.9 Å². The number of nitrogens with zero attached hydrogens (tertiary/aromatic N) is 2. The van der Waals surface area contributed by atoms with Gasteiger partial charge in [0.15, 0.2) is 5.78 Å². The van der Waals surface area contributed by atoms with Crippen LogP contribution in [0.15, 0.2) is 152 Å². The summed E-state index contributed by atoms with van der Waals surface area (Å²) in [5, 5.41) is 13.2. The van der Waals surface area contributed by atoms with Gasteiger partial charge >= 0.3 is 0 Å². The highest BCUT2D eigenvalue weighted by Gasteiger charge is 2.16. The number of rotatable bonds is 16. The van der Waals surface area contributed by atoms with Crippen LogP contribution in [-0.4, -0.2) is 46.5 Å². The lowest BCUT2D eigenvalue weighted by Crippen LogP contribution is -2.09. The van der Waals surface area contributed by atoms with Crippen molar-refractivity contribution in [1.82, 2.24) is 9.13 Å². The van der Waals surface area contributed by atoms with E-state index in [1.54, 1.807) is 36.4 Å². The first-order chi connectivity index (χ1) is 28.0. The van der Waals surface area contributed by atoms with Crippen molar-refractivity contribution >= 4 is 27.6 Å². The third kappa shape index (κ3) is 8.07. The minimum absolute atomic E-state index is 0.156. The Kier molecular flexibility index (Phi) is 10.9. The van der Waals surface area contributed by atoms with Crippen molar-refractivity contribution in [2.24, 2.45) is 0 Å². The fraction of sp³-hybridized carbons (Fsp3) is 0.163. The smallest absolute Gasteiger partial charge is 0.196 e. The van der Waals surface area contributed by atoms with Gasteiger partial charge in [0, 0.05) is 57.9 Å². The normalized spacial score (nSPS) is 11.2. The van der Waals surface area contributed by atoms with Crippen molar-refractivity contribution in [3.05, 3.63) is 163 Å². The van der Waals surface area contributed by atoms with E-state index in [-0.39, 0.29) is 23.7 Å². The molecule has 8 rings (SSSR count). The van der Waals surface area contributed by atoms with Crippen molar-refractivity contribution in [3.63, 3.8) is 0 Å². The van der Waals surface area contributed by atoms with Crippen LogP contribution in [0, 0.1) is 0 Å². The van der Waals surface area contributed by atoms with Crippen molar-refractivity contribution in [3.8, 4) is 51.3 Å². The monoisotopic (exact) mass is 756 g/mol. The maximum atomic E-state index is 13.2. The number of hydrogen-bond donors (Lipinski definition) is 1. The van der Waals surface area contributed by atoms with E-state index < -0.39 is 0 Å². The maximum Gasteiger partial charge on any atom is 0.196 e. The number of carbonyl (C=O) groups excluding carboxylic acids is 1. The van der Waals surface area contributed by atoms with Crippen LogP contribution in [0.1, 0.15) is 29.8 Å². The van der Waals surface area contributed by atoms with E-state index >= 15 is 0 Å². The quantitative estimate of drug-likeness (QED) is 0.0781. The highest BCUT2D eigenvalue weighted by Crippen LogP contribution is 2.32. The van der Waals surface area contributed by atoms with Crippen LogP contribution in [0.4, 0.5) is 0 Å². The second-order valence-electron chi connectivity index (χ2n) is 13.6. The Balaban J connectivity index is 0.779. The number of benzene rings is 6. The van der Waals surface area contributed by atoms with Gasteiger partial charge < -0.3 is 33.2 Å². The van der Waals surface area contributed by atoms with Crippen molar-refractivity contribution in [2.45, 2.75) is 26.9 Å². The Labute approximate surface area is 332 Å². The zero-order chi connectivity index (χ0) is 39.1. The summed E-state index contributed by atoms with van der Waals surface area (Å²) in [6, 6.07) is 49.0. The van der Waals surface area contributed by atoms with Gasteiger partial charge in [0.25, 0.3) is 0 Å². The van der Waals surface area contributed by atoms with E-state index in [4.69, 9.17) is 18.9 Å². The van der Waals surface area contributed by atoms with Gasteiger partial charge in [0.2, 0.25) is 0 Å². The molecule has 0 amide bonds. The minimum atomic E-state index is -0.303. The molecule has 0 aliphatic carbocycles. The molecule has 1 N–H and O–H groups in total. The Hall–Kier alpha value is -6.93. The molecule has 2 aromatic heterocycles. The number of ether oxygens (including phenoxy) is 4. The molecule has 0 atom stereocenters. The van der Waals surface area contributed by atoms with Crippen LogP contribution in [0.3, 0.4) is 0 Å². The average molecular weight is 757 g/mol. The number of aromatic hydroxyl groups is 1. The van der Waals surface area contributed by atoms with Crippen LogP contribution in [-0.2, 0) is 13.1 Å². The molecule has 0 aliphatic heterocycles. The predicted octanol–water partition coefficient (Wildman–Crippen LogP) is 10.8. The number of aromatic nitrogens is 2. The zero-order valence-electron chi connectivity index (χ0n) is 32.1. The Morgan fingerprint density at radius 3 is 1.33 bits per heavy atom. The first-order valence-corrected chi connectivity index (χ1v) is 19.4. The van der Waals surface area contributed by atoms with Crippen LogP contribution >= 0.6 is 0 Å². The zero-order valence-corrected chi connectivity index (χ0v) is 32.1. The predicted molar refractivity (Wildman–Crippen MR) is 226 cm³/mol. The third-order valence-electron chi connectivity index (χ3n) is 10.1. The number of carbonyl (C=O) groups is 1. The largest absolute Gasteiger partial charge is 0.507 e. The van der Waals surface area contributed by atoms with Gasteiger partial charge in [0.05, 0.1) is 5.56 Å². The minimum Gasteiger partial charge on any atom is -0.507 e. The van der Waals surface area contributed by atoms with E-state index in [1.165, 1.54) is 39.3 Å². The number of aryl methyl sites for hydroxylation is 2. The lowest BCUT2D eigenvalue weighted by atomic mass is 10.0. The molecule has 0 bridgehead atoms. The molecular weight excluding hydrogens is 713 g/mol. The van der Waals surface area contributed by atoms with Crippen LogP contribution in [0.25, 0.3) is 44.3 Å². The molecule has 0 saturated heterocycles. The molecule has 286 valence electrons. The number of fused-ring (bicyclic) bond motifs is 2. The highest BCUT2D eigenvalue weighted by molar-refractivity contribution is 6.10. The molecule has 6 aromatic carbocycles. The van der Waals surface area contributed by atoms with Crippen LogP contribution in [0.2, 0.25) is 0 Å². The summed E-state index contributed by atoms with van der Waals surface area (Å²) in [6.07, 6.45) is 0. The van der Waals surface area contributed by atoms with Gasteiger partial charge in [-0.05, 0) is 134 Å². The average Bonchev–Trinajstić information content (AvgIpc) is 3.83. The molecule has 0 saturated carbocycles. The van der Waals surface area contributed by atoms with E-state index in [9.17, 15) is 9.90 Å². The summed E-state index contributed by atoms with van der Waals surface area (Å²) < 4.78 is 28.1. The van der Waals surface area contributed by atoms with E-state index in [2.05, 4.69) is 108 Å². The molecule has 0 radical (unpaired) electrons. The van der Waals surface area contributed by atoms with Gasteiger partial charge in [-0.2, -0.15) is 0 Å². The lowest BCUT2D eigenvalue weighted by molar-refractivity contribution is 0.103. The lowest BCUT2D eigenvalue weighted by Gasteiger charge is -2.12.